The number of hydrogen-bond acceptors (Lipinski definition) is 4. The van der Waals surface area contributed by atoms with Crippen LogP contribution in [0.5, 0.6) is 0 Å². The minimum atomic E-state index is -0.571. The molecule has 8 atom stereocenters. The van der Waals surface area contributed by atoms with Gasteiger partial charge < -0.3 is 10.2 Å². The molecule has 0 aromatic carbocycles. The van der Waals surface area contributed by atoms with E-state index in [1.54, 1.807) is 6.92 Å². The molecule has 3 fully saturated rings. The van der Waals surface area contributed by atoms with Crippen molar-refractivity contribution < 1.29 is 19.8 Å². The monoisotopic (exact) mass is 346 g/mol. The lowest BCUT2D eigenvalue weighted by Gasteiger charge is -2.59. The number of allylic oxidation sites excluding steroid dienone is 1. The highest BCUT2D eigenvalue weighted by atomic mass is 16.3. The SMILES string of the molecule is CC(=O)C1C[C@H](O)C2C3CCC4=CC(=O)CCC4(C)C3CC(O)C12C. The van der Waals surface area contributed by atoms with Crippen LogP contribution in [0.3, 0.4) is 0 Å². The second-order valence-electron chi connectivity index (χ2n) is 9.47. The highest BCUT2D eigenvalue weighted by Gasteiger charge is 2.65. The van der Waals surface area contributed by atoms with Crippen LogP contribution in [0.25, 0.3) is 0 Å². The largest absolute Gasteiger partial charge is 0.393 e. The van der Waals surface area contributed by atoms with Gasteiger partial charge in [-0.15, -0.1) is 0 Å². The first kappa shape index (κ1) is 17.4. The van der Waals surface area contributed by atoms with Gasteiger partial charge in [0.15, 0.2) is 5.78 Å². The lowest BCUT2D eigenvalue weighted by molar-refractivity contribution is -0.157. The van der Waals surface area contributed by atoms with E-state index < -0.39 is 17.6 Å². The molecule has 7 unspecified atom stereocenters. The van der Waals surface area contributed by atoms with Crippen LogP contribution in [0, 0.1) is 34.5 Å². The maximum Gasteiger partial charge on any atom is 0.155 e. The zero-order valence-corrected chi connectivity index (χ0v) is 15.5. The molecular formula is C21H30O4. The Bertz CT molecular complexity index is 652. The van der Waals surface area contributed by atoms with E-state index in [0.717, 1.165) is 19.3 Å². The lowest BCUT2D eigenvalue weighted by Crippen LogP contribution is -2.58. The summed E-state index contributed by atoms with van der Waals surface area (Å²) in [5.74, 6) is 0.654. The second kappa shape index (κ2) is 5.50. The fraction of sp³-hybridized carbons (Fsp3) is 0.810. The minimum Gasteiger partial charge on any atom is -0.393 e. The van der Waals surface area contributed by atoms with Crippen LogP contribution in [0.15, 0.2) is 11.6 Å². The number of aliphatic hydroxyl groups excluding tert-OH is 2. The van der Waals surface area contributed by atoms with Crippen molar-refractivity contribution in [3.63, 3.8) is 0 Å². The number of aliphatic hydroxyl groups is 2. The molecule has 4 aliphatic rings. The van der Waals surface area contributed by atoms with Crippen LogP contribution in [-0.4, -0.2) is 34.0 Å². The first-order chi connectivity index (χ1) is 11.7. The summed E-state index contributed by atoms with van der Waals surface area (Å²) in [6, 6.07) is 0. The standard InChI is InChI=1S/C21H30O4/c1-11(22)15-9-17(24)19-14-5-4-12-8-13(23)6-7-20(12,2)16(14)10-18(25)21(15,19)3/h8,14-19,24-25H,4-7,9-10H2,1-3H3/t14?,15?,16?,17-,18?,19?,20?,21?/m0/s1. The number of rotatable bonds is 1. The van der Waals surface area contributed by atoms with E-state index >= 15 is 0 Å². The fourth-order valence-electron chi connectivity index (χ4n) is 7.20. The number of Topliss-reactive ketones (excluding diaryl/α,β-unsaturated/α-hetero) is 1. The van der Waals surface area contributed by atoms with Gasteiger partial charge in [0.2, 0.25) is 0 Å². The molecule has 4 rings (SSSR count). The molecule has 0 spiro atoms. The van der Waals surface area contributed by atoms with E-state index in [0.29, 0.717) is 25.2 Å². The van der Waals surface area contributed by atoms with Gasteiger partial charge in [-0.1, -0.05) is 19.4 Å². The smallest absolute Gasteiger partial charge is 0.155 e. The van der Waals surface area contributed by atoms with Gasteiger partial charge in [-0.05, 0) is 68.3 Å². The van der Waals surface area contributed by atoms with Crippen LogP contribution in [-0.2, 0) is 9.59 Å². The van der Waals surface area contributed by atoms with Gasteiger partial charge in [-0.3, -0.25) is 9.59 Å². The number of hydrogen-bond donors (Lipinski definition) is 2. The van der Waals surface area contributed by atoms with Crippen molar-refractivity contribution >= 4 is 11.6 Å². The maximum atomic E-state index is 12.2. The third-order valence-electron chi connectivity index (χ3n) is 8.55. The normalized spacial score (nSPS) is 52.0. The van der Waals surface area contributed by atoms with E-state index in [-0.39, 0.29) is 34.7 Å². The molecule has 4 heteroatoms. The van der Waals surface area contributed by atoms with Crippen LogP contribution < -0.4 is 0 Å². The minimum absolute atomic E-state index is 0.0221. The van der Waals surface area contributed by atoms with E-state index in [4.69, 9.17) is 0 Å². The molecule has 0 aliphatic heterocycles. The van der Waals surface area contributed by atoms with Gasteiger partial charge in [0, 0.05) is 17.8 Å². The Hall–Kier alpha value is -1.00. The van der Waals surface area contributed by atoms with Gasteiger partial charge in [-0.2, -0.15) is 0 Å². The van der Waals surface area contributed by atoms with Crippen molar-refractivity contribution in [1.82, 2.24) is 0 Å². The summed E-state index contributed by atoms with van der Waals surface area (Å²) in [6.45, 7) is 5.87. The molecule has 4 aliphatic carbocycles. The Morgan fingerprint density at radius 3 is 2.60 bits per heavy atom. The van der Waals surface area contributed by atoms with E-state index in [9.17, 15) is 19.8 Å². The third-order valence-corrected chi connectivity index (χ3v) is 8.55. The summed E-state index contributed by atoms with van der Waals surface area (Å²) in [4.78, 5) is 24.1. The summed E-state index contributed by atoms with van der Waals surface area (Å²) < 4.78 is 0. The summed E-state index contributed by atoms with van der Waals surface area (Å²) in [5.41, 5.74) is 0.679. The number of ketones is 2. The zero-order chi connectivity index (χ0) is 18.1. The predicted molar refractivity (Wildman–Crippen MR) is 93.7 cm³/mol. The number of carbonyl (C=O) groups is 2. The van der Waals surface area contributed by atoms with Gasteiger partial charge in [-0.25, -0.2) is 0 Å². The first-order valence-corrected chi connectivity index (χ1v) is 9.80. The van der Waals surface area contributed by atoms with Crippen molar-refractivity contribution in [1.29, 1.82) is 0 Å². The Morgan fingerprint density at radius 2 is 1.92 bits per heavy atom. The summed E-state index contributed by atoms with van der Waals surface area (Å²) in [5, 5.41) is 22.0. The summed E-state index contributed by atoms with van der Waals surface area (Å²) in [7, 11) is 0. The molecule has 0 aromatic heterocycles. The highest BCUT2D eigenvalue weighted by Crippen LogP contribution is 2.66. The van der Waals surface area contributed by atoms with E-state index in [1.165, 1.54) is 5.57 Å². The van der Waals surface area contributed by atoms with E-state index in [1.807, 2.05) is 13.0 Å². The van der Waals surface area contributed by atoms with Crippen LogP contribution >= 0.6 is 0 Å². The predicted octanol–water partition coefficient (Wildman–Crippen LogP) is 2.67. The van der Waals surface area contributed by atoms with Crippen molar-refractivity contribution in [3.8, 4) is 0 Å². The number of fused-ring (bicyclic) bond motifs is 5. The quantitative estimate of drug-likeness (QED) is 0.765. The number of carbonyl (C=O) groups excluding carboxylic acids is 2. The third kappa shape index (κ3) is 2.19. The maximum absolute atomic E-state index is 12.2. The average Bonchev–Trinajstić information content (AvgIpc) is 2.82. The molecule has 0 bridgehead atoms. The molecule has 3 saturated carbocycles. The lowest BCUT2D eigenvalue weighted by atomic mass is 9.45. The van der Waals surface area contributed by atoms with Crippen LogP contribution in [0.2, 0.25) is 0 Å². The fourth-order valence-corrected chi connectivity index (χ4v) is 7.20. The molecule has 0 heterocycles. The molecule has 138 valence electrons. The van der Waals surface area contributed by atoms with Gasteiger partial charge in [0.1, 0.15) is 5.78 Å². The Balaban J connectivity index is 1.75. The molecule has 25 heavy (non-hydrogen) atoms. The summed E-state index contributed by atoms with van der Waals surface area (Å²) >= 11 is 0. The molecule has 4 nitrogen and oxygen atoms in total. The Morgan fingerprint density at radius 1 is 1.20 bits per heavy atom. The molecule has 2 N–H and O–H groups in total. The molecule has 0 radical (unpaired) electrons. The highest BCUT2D eigenvalue weighted by molar-refractivity contribution is 5.91. The molecule has 0 saturated heterocycles. The van der Waals surface area contributed by atoms with Gasteiger partial charge in [0.25, 0.3) is 0 Å². The molecule has 0 amide bonds. The average molecular weight is 346 g/mol. The second-order valence-corrected chi connectivity index (χ2v) is 9.47. The molecular weight excluding hydrogens is 316 g/mol. The molecule has 0 aromatic rings. The van der Waals surface area contributed by atoms with Gasteiger partial charge >= 0.3 is 0 Å². The van der Waals surface area contributed by atoms with Crippen molar-refractivity contribution in [3.05, 3.63) is 11.6 Å². The van der Waals surface area contributed by atoms with Crippen molar-refractivity contribution in [2.75, 3.05) is 0 Å². The topological polar surface area (TPSA) is 74.6 Å². The zero-order valence-electron chi connectivity index (χ0n) is 15.5. The Kier molecular flexibility index (Phi) is 3.83. The Labute approximate surface area is 149 Å². The van der Waals surface area contributed by atoms with Crippen molar-refractivity contribution in [2.24, 2.45) is 34.5 Å². The van der Waals surface area contributed by atoms with Crippen molar-refractivity contribution in [2.45, 2.75) is 71.5 Å². The first-order valence-electron chi connectivity index (χ1n) is 9.80. The van der Waals surface area contributed by atoms with Crippen LogP contribution in [0.1, 0.15) is 59.3 Å². The van der Waals surface area contributed by atoms with E-state index in [2.05, 4.69) is 6.92 Å². The van der Waals surface area contributed by atoms with Gasteiger partial charge in [0.05, 0.1) is 12.2 Å². The van der Waals surface area contributed by atoms with Crippen LogP contribution in [0.4, 0.5) is 0 Å². The summed E-state index contributed by atoms with van der Waals surface area (Å²) in [6.07, 6.45) is 5.21.